The lowest BCUT2D eigenvalue weighted by atomic mass is 10.1. The fraction of sp³-hybridized carbons (Fsp3) is 0.417. The first-order chi connectivity index (χ1) is 8.56. The van der Waals surface area contributed by atoms with Crippen molar-refractivity contribution in [1.82, 2.24) is 0 Å². The van der Waals surface area contributed by atoms with Crippen LogP contribution in [0.3, 0.4) is 0 Å². The van der Waals surface area contributed by atoms with Gasteiger partial charge in [-0.05, 0) is 35.6 Å². The van der Waals surface area contributed by atoms with Crippen LogP contribution in [0.2, 0.25) is 0 Å². The predicted octanol–water partition coefficient (Wildman–Crippen LogP) is 2.44. The second-order valence-corrected chi connectivity index (χ2v) is 4.82. The number of primary amides is 1. The average molecular weight is 365 g/mol. The first-order valence-corrected chi connectivity index (χ1v) is 6.45. The summed E-state index contributed by atoms with van der Waals surface area (Å²) >= 11 is 2.17. The van der Waals surface area contributed by atoms with E-state index in [-0.39, 0.29) is 12.9 Å². The highest BCUT2D eigenvalue weighted by molar-refractivity contribution is 14.1. The molecule has 0 fully saturated rings. The summed E-state index contributed by atoms with van der Waals surface area (Å²) in [7, 11) is 1.53. The number of methoxy groups -OCH3 is 1. The van der Waals surface area contributed by atoms with E-state index in [0.717, 1.165) is 9.13 Å². The molecule has 0 saturated heterocycles. The molecule has 0 aliphatic heterocycles. The Kier molecular flexibility index (Phi) is 6.37. The highest BCUT2D eigenvalue weighted by atomic mass is 127. The second-order valence-electron chi connectivity index (χ2n) is 3.66. The van der Waals surface area contributed by atoms with Crippen LogP contribution in [-0.4, -0.2) is 26.1 Å². The zero-order valence-corrected chi connectivity index (χ0v) is 12.4. The molecule has 0 radical (unpaired) electrons. The molecule has 18 heavy (non-hydrogen) atoms. The van der Waals surface area contributed by atoms with Crippen molar-refractivity contribution in [3.8, 4) is 0 Å². The van der Waals surface area contributed by atoms with Gasteiger partial charge in [-0.2, -0.15) is 0 Å². The summed E-state index contributed by atoms with van der Waals surface area (Å²) in [6.07, 6.45) is -1.73. The Hall–Kier alpha value is -0.860. The number of carbonyl (C=O) groups excluding carboxylic acids is 1. The Balaban J connectivity index is 2.90. The molecule has 0 saturated carbocycles. The number of benzene rings is 1. The van der Waals surface area contributed by atoms with E-state index in [4.69, 9.17) is 19.9 Å². The number of ether oxygens (including phenoxy) is 3. The van der Waals surface area contributed by atoms with Crippen LogP contribution >= 0.6 is 22.6 Å². The van der Waals surface area contributed by atoms with Crippen LogP contribution in [0.1, 0.15) is 18.6 Å². The number of halogens is 1. The van der Waals surface area contributed by atoms with Crippen molar-refractivity contribution >= 4 is 28.7 Å². The zero-order chi connectivity index (χ0) is 13.5. The molecule has 0 heterocycles. The summed E-state index contributed by atoms with van der Waals surface area (Å²) < 4.78 is 16.4. The Morgan fingerprint density at radius 1 is 1.44 bits per heavy atom. The van der Waals surface area contributed by atoms with Crippen molar-refractivity contribution in [2.24, 2.45) is 5.73 Å². The minimum Gasteiger partial charge on any atom is -0.439 e. The van der Waals surface area contributed by atoms with Crippen molar-refractivity contribution in [1.29, 1.82) is 0 Å². The molecule has 1 amide bonds. The summed E-state index contributed by atoms with van der Waals surface area (Å²) in [6, 6.07) is 7.59. The fourth-order valence-corrected chi connectivity index (χ4v) is 2.20. The molecular formula is C12H16INO4. The maximum Gasteiger partial charge on any atom is 0.405 e. The highest BCUT2D eigenvalue weighted by Gasteiger charge is 2.25. The fourth-order valence-electron chi connectivity index (χ4n) is 1.51. The van der Waals surface area contributed by atoms with E-state index in [1.54, 1.807) is 6.92 Å². The Morgan fingerprint density at radius 2 is 2.11 bits per heavy atom. The monoisotopic (exact) mass is 365 g/mol. The van der Waals surface area contributed by atoms with Crippen LogP contribution in [0.15, 0.2) is 24.3 Å². The van der Waals surface area contributed by atoms with Crippen molar-refractivity contribution in [2.45, 2.75) is 19.1 Å². The van der Waals surface area contributed by atoms with E-state index in [9.17, 15) is 4.79 Å². The molecule has 1 aromatic carbocycles. The summed E-state index contributed by atoms with van der Waals surface area (Å²) in [4.78, 5) is 11.0. The Morgan fingerprint density at radius 3 is 2.67 bits per heavy atom. The van der Waals surface area contributed by atoms with Crippen LogP contribution in [0, 0.1) is 3.57 Å². The molecule has 5 nitrogen and oxygen atoms in total. The smallest absolute Gasteiger partial charge is 0.405 e. The van der Waals surface area contributed by atoms with Crippen LogP contribution in [0.25, 0.3) is 0 Å². The maximum atomic E-state index is 11.0. The lowest BCUT2D eigenvalue weighted by molar-refractivity contribution is -0.107. The van der Waals surface area contributed by atoms with Gasteiger partial charge in [0, 0.05) is 16.2 Å². The zero-order valence-electron chi connectivity index (χ0n) is 10.3. The van der Waals surface area contributed by atoms with Crippen LogP contribution in [0.5, 0.6) is 0 Å². The van der Waals surface area contributed by atoms with Crippen molar-refractivity contribution in [2.75, 3.05) is 13.9 Å². The predicted molar refractivity (Wildman–Crippen MR) is 75.0 cm³/mol. The molecule has 0 spiro atoms. The number of amides is 1. The normalized spacial score (nSPS) is 13.9. The summed E-state index contributed by atoms with van der Waals surface area (Å²) in [5.41, 5.74) is 5.96. The SMILES string of the molecule is COCO[C@@H](C)[C@@H](OC(N)=O)c1ccccc1I. The van der Waals surface area contributed by atoms with Gasteiger partial charge in [-0.1, -0.05) is 18.2 Å². The average Bonchev–Trinajstić information content (AvgIpc) is 2.34. The van der Waals surface area contributed by atoms with Gasteiger partial charge >= 0.3 is 6.09 Å². The van der Waals surface area contributed by atoms with Crippen molar-refractivity contribution in [3.05, 3.63) is 33.4 Å². The van der Waals surface area contributed by atoms with Gasteiger partial charge in [0.15, 0.2) is 6.10 Å². The third-order valence-corrected chi connectivity index (χ3v) is 3.31. The third-order valence-electron chi connectivity index (χ3n) is 2.33. The van der Waals surface area contributed by atoms with Gasteiger partial charge in [-0.15, -0.1) is 0 Å². The topological polar surface area (TPSA) is 70.8 Å². The molecule has 0 unspecified atom stereocenters. The molecule has 2 atom stereocenters. The first-order valence-electron chi connectivity index (χ1n) is 5.37. The summed E-state index contributed by atoms with van der Waals surface area (Å²) in [5, 5.41) is 0. The lowest BCUT2D eigenvalue weighted by Gasteiger charge is -2.24. The second kappa shape index (κ2) is 7.55. The molecule has 0 bridgehead atoms. The van der Waals surface area contributed by atoms with Crippen LogP contribution in [0.4, 0.5) is 4.79 Å². The molecule has 100 valence electrons. The molecule has 2 N–H and O–H groups in total. The molecule has 0 aliphatic carbocycles. The minimum atomic E-state index is -0.826. The van der Waals surface area contributed by atoms with E-state index in [0.29, 0.717) is 0 Å². The van der Waals surface area contributed by atoms with Gasteiger partial charge in [0.25, 0.3) is 0 Å². The number of hydrogen-bond acceptors (Lipinski definition) is 4. The van der Waals surface area contributed by atoms with Gasteiger partial charge in [-0.25, -0.2) is 4.79 Å². The standard InChI is InChI=1S/C12H16INO4/c1-8(17-7-16-2)11(18-12(14)15)9-5-3-4-6-10(9)13/h3-6,8,11H,7H2,1-2H3,(H2,14,15)/t8-,11+/m0/s1. The Labute approximate surface area is 120 Å². The van der Waals surface area contributed by atoms with Crippen molar-refractivity contribution in [3.63, 3.8) is 0 Å². The van der Waals surface area contributed by atoms with E-state index in [1.807, 2.05) is 24.3 Å². The van der Waals surface area contributed by atoms with Gasteiger partial charge in [-0.3, -0.25) is 0 Å². The summed E-state index contributed by atoms with van der Waals surface area (Å²) in [5.74, 6) is 0. The largest absolute Gasteiger partial charge is 0.439 e. The molecule has 6 heteroatoms. The van der Waals surface area contributed by atoms with E-state index in [1.165, 1.54) is 7.11 Å². The molecule has 0 aromatic heterocycles. The molecular weight excluding hydrogens is 349 g/mol. The third kappa shape index (κ3) is 4.43. The van der Waals surface area contributed by atoms with Crippen LogP contribution in [-0.2, 0) is 14.2 Å². The highest BCUT2D eigenvalue weighted by Crippen LogP contribution is 2.27. The molecule has 1 aromatic rings. The van der Waals surface area contributed by atoms with E-state index >= 15 is 0 Å². The number of carbonyl (C=O) groups is 1. The van der Waals surface area contributed by atoms with Gasteiger partial charge in [0.2, 0.25) is 0 Å². The number of nitrogens with two attached hydrogens (primary N) is 1. The lowest BCUT2D eigenvalue weighted by Crippen LogP contribution is -2.28. The first kappa shape index (κ1) is 15.2. The van der Waals surface area contributed by atoms with E-state index in [2.05, 4.69) is 22.6 Å². The van der Waals surface area contributed by atoms with Crippen LogP contribution < -0.4 is 5.73 Å². The molecule has 1 rings (SSSR count). The van der Waals surface area contributed by atoms with Gasteiger partial charge < -0.3 is 19.9 Å². The quantitative estimate of drug-likeness (QED) is 0.621. The number of rotatable bonds is 6. The van der Waals surface area contributed by atoms with Crippen molar-refractivity contribution < 1.29 is 19.0 Å². The minimum absolute atomic E-state index is 0.128. The Bertz CT molecular complexity index is 399. The van der Waals surface area contributed by atoms with E-state index < -0.39 is 12.2 Å². The van der Waals surface area contributed by atoms with Gasteiger partial charge in [0.05, 0.1) is 6.10 Å². The van der Waals surface area contributed by atoms with Gasteiger partial charge in [0.1, 0.15) is 6.79 Å². The summed E-state index contributed by atoms with van der Waals surface area (Å²) in [6.45, 7) is 1.93. The number of hydrogen-bond donors (Lipinski definition) is 1. The maximum absolute atomic E-state index is 11.0. The molecule has 0 aliphatic rings.